The molecular formula is C22H27N5O. The maximum atomic E-state index is 9.35. The van der Waals surface area contributed by atoms with Gasteiger partial charge in [-0.1, -0.05) is 30.3 Å². The monoisotopic (exact) mass is 377 g/mol. The van der Waals surface area contributed by atoms with Crippen LogP contribution in [0.15, 0.2) is 60.8 Å². The number of nitrogens with one attached hydrogen (secondary N) is 2. The van der Waals surface area contributed by atoms with Crippen LogP contribution in [0, 0.1) is 0 Å². The molecule has 2 aromatic carbocycles. The van der Waals surface area contributed by atoms with Gasteiger partial charge in [-0.15, -0.1) is 0 Å². The number of aromatic hydroxyl groups is 1. The van der Waals surface area contributed by atoms with Crippen molar-refractivity contribution < 1.29 is 5.11 Å². The third kappa shape index (κ3) is 6.04. The first-order valence-corrected chi connectivity index (χ1v) is 9.59. The number of phenolic OH excluding ortho intramolecular Hbond substituents is 1. The van der Waals surface area contributed by atoms with Crippen LogP contribution in [0.3, 0.4) is 0 Å². The minimum absolute atomic E-state index is 0.282. The predicted molar refractivity (Wildman–Crippen MR) is 113 cm³/mol. The normalized spacial score (nSPS) is 10.8. The van der Waals surface area contributed by atoms with Gasteiger partial charge in [0.15, 0.2) is 0 Å². The van der Waals surface area contributed by atoms with Gasteiger partial charge < -0.3 is 21.5 Å². The van der Waals surface area contributed by atoms with E-state index in [1.165, 1.54) is 5.56 Å². The number of nitrogens with zero attached hydrogens (tertiary/aromatic N) is 2. The van der Waals surface area contributed by atoms with E-state index in [0.29, 0.717) is 12.5 Å². The van der Waals surface area contributed by atoms with E-state index < -0.39 is 0 Å². The van der Waals surface area contributed by atoms with Gasteiger partial charge in [0.2, 0.25) is 5.95 Å². The van der Waals surface area contributed by atoms with Crippen molar-refractivity contribution in [2.75, 3.05) is 25.0 Å². The number of hydrogen-bond donors (Lipinski definition) is 4. The second kappa shape index (κ2) is 10.4. The Hall–Kier alpha value is -2.96. The lowest BCUT2D eigenvalue weighted by atomic mass is 10.1. The van der Waals surface area contributed by atoms with Crippen molar-refractivity contribution >= 4 is 5.95 Å². The van der Waals surface area contributed by atoms with Crippen LogP contribution < -0.4 is 16.4 Å². The molecule has 6 nitrogen and oxygen atoms in total. The minimum atomic E-state index is 0.282. The molecule has 0 aliphatic heterocycles. The molecule has 0 fully saturated rings. The molecule has 0 bridgehead atoms. The standard InChI is InChI=1S/C22H27N5O/c23-11-2-12-24-16-18-3-1-4-19(15-18)21-10-14-26-22(27-21)25-13-9-17-5-7-20(28)8-6-17/h1,3-8,10,14-15,24,28H,2,9,11-13,16,23H2,(H,25,26,27). The Kier molecular flexibility index (Phi) is 7.35. The predicted octanol–water partition coefficient (Wildman–Crippen LogP) is 2.94. The second-order valence-electron chi connectivity index (χ2n) is 6.63. The highest BCUT2D eigenvalue weighted by atomic mass is 16.3. The van der Waals surface area contributed by atoms with Gasteiger partial charge in [-0.25, -0.2) is 9.97 Å². The summed E-state index contributed by atoms with van der Waals surface area (Å²) in [6.07, 6.45) is 3.58. The molecule has 0 aliphatic carbocycles. The van der Waals surface area contributed by atoms with Crippen molar-refractivity contribution in [3.05, 3.63) is 71.9 Å². The molecule has 146 valence electrons. The zero-order chi connectivity index (χ0) is 19.6. The van der Waals surface area contributed by atoms with Crippen LogP contribution in [0.4, 0.5) is 5.95 Å². The Labute approximate surface area is 165 Å². The third-order valence-corrected chi connectivity index (χ3v) is 4.40. The van der Waals surface area contributed by atoms with Crippen LogP contribution in [0.25, 0.3) is 11.3 Å². The molecule has 3 rings (SSSR count). The average Bonchev–Trinajstić information content (AvgIpc) is 2.73. The highest BCUT2D eigenvalue weighted by molar-refractivity contribution is 5.60. The molecule has 0 unspecified atom stereocenters. The number of nitrogens with two attached hydrogens (primary N) is 1. The van der Waals surface area contributed by atoms with Crippen molar-refractivity contribution in [1.29, 1.82) is 0 Å². The molecule has 0 radical (unpaired) electrons. The number of benzene rings is 2. The van der Waals surface area contributed by atoms with Crippen molar-refractivity contribution in [2.45, 2.75) is 19.4 Å². The first-order valence-electron chi connectivity index (χ1n) is 9.59. The van der Waals surface area contributed by atoms with Crippen LogP contribution in [-0.4, -0.2) is 34.7 Å². The largest absolute Gasteiger partial charge is 0.508 e. The lowest BCUT2D eigenvalue weighted by Crippen LogP contribution is -2.17. The Morgan fingerprint density at radius 3 is 2.64 bits per heavy atom. The highest BCUT2D eigenvalue weighted by Crippen LogP contribution is 2.19. The summed E-state index contributed by atoms with van der Waals surface area (Å²) in [6.45, 7) is 3.16. The molecule has 0 atom stereocenters. The van der Waals surface area contributed by atoms with E-state index in [4.69, 9.17) is 5.73 Å². The Morgan fingerprint density at radius 1 is 0.964 bits per heavy atom. The molecule has 3 aromatic rings. The van der Waals surface area contributed by atoms with Crippen LogP contribution in [0.5, 0.6) is 5.75 Å². The average molecular weight is 377 g/mol. The topological polar surface area (TPSA) is 96.1 Å². The van der Waals surface area contributed by atoms with Gasteiger partial charge in [-0.2, -0.15) is 0 Å². The van der Waals surface area contributed by atoms with Gasteiger partial charge in [0, 0.05) is 24.8 Å². The van der Waals surface area contributed by atoms with E-state index in [9.17, 15) is 5.11 Å². The number of aromatic nitrogens is 2. The van der Waals surface area contributed by atoms with Gasteiger partial charge in [0.25, 0.3) is 0 Å². The van der Waals surface area contributed by atoms with Crippen LogP contribution in [-0.2, 0) is 13.0 Å². The van der Waals surface area contributed by atoms with Gasteiger partial charge >= 0.3 is 0 Å². The molecule has 0 amide bonds. The summed E-state index contributed by atoms with van der Waals surface area (Å²) in [4.78, 5) is 8.96. The quantitative estimate of drug-likeness (QED) is 0.406. The third-order valence-electron chi connectivity index (χ3n) is 4.40. The minimum Gasteiger partial charge on any atom is -0.508 e. The van der Waals surface area contributed by atoms with E-state index in [0.717, 1.165) is 49.3 Å². The van der Waals surface area contributed by atoms with E-state index in [1.807, 2.05) is 18.2 Å². The van der Waals surface area contributed by atoms with Gasteiger partial charge in [0.05, 0.1) is 5.69 Å². The Bertz CT molecular complexity index is 867. The van der Waals surface area contributed by atoms with Crippen molar-refractivity contribution in [3.8, 4) is 17.0 Å². The zero-order valence-electron chi connectivity index (χ0n) is 15.9. The number of rotatable bonds is 10. The first kappa shape index (κ1) is 19.8. The van der Waals surface area contributed by atoms with Crippen molar-refractivity contribution in [2.24, 2.45) is 5.73 Å². The molecule has 0 saturated carbocycles. The Morgan fingerprint density at radius 2 is 1.82 bits per heavy atom. The fourth-order valence-corrected chi connectivity index (χ4v) is 2.89. The number of hydrogen-bond acceptors (Lipinski definition) is 6. The van der Waals surface area contributed by atoms with Crippen LogP contribution in [0.1, 0.15) is 17.5 Å². The first-order chi connectivity index (χ1) is 13.7. The lowest BCUT2D eigenvalue weighted by Gasteiger charge is -2.09. The van der Waals surface area contributed by atoms with E-state index >= 15 is 0 Å². The maximum absolute atomic E-state index is 9.35. The SMILES string of the molecule is NCCCNCc1cccc(-c2ccnc(NCCc3ccc(O)cc3)n2)c1. The van der Waals surface area contributed by atoms with Crippen molar-refractivity contribution in [1.82, 2.24) is 15.3 Å². The summed E-state index contributed by atoms with van der Waals surface area (Å²) in [5.41, 5.74) is 9.86. The summed E-state index contributed by atoms with van der Waals surface area (Å²) in [5, 5.41) is 16.0. The summed E-state index contributed by atoms with van der Waals surface area (Å²) in [7, 11) is 0. The fraction of sp³-hybridized carbons (Fsp3) is 0.273. The summed E-state index contributed by atoms with van der Waals surface area (Å²) < 4.78 is 0. The number of anilines is 1. The summed E-state index contributed by atoms with van der Waals surface area (Å²) in [6, 6.07) is 17.5. The molecular weight excluding hydrogens is 350 g/mol. The van der Waals surface area contributed by atoms with E-state index in [-0.39, 0.29) is 5.75 Å². The summed E-state index contributed by atoms with van der Waals surface area (Å²) in [5.74, 6) is 0.896. The summed E-state index contributed by atoms with van der Waals surface area (Å²) >= 11 is 0. The molecule has 1 heterocycles. The molecule has 1 aromatic heterocycles. The van der Waals surface area contributed by atoms with Gasteiger partial charge in [-0.3, -0.25) is 0 Å². The van der Waals surface area contributed by atoms with Gasteiger partial charge in [-0.05, 0) is 61.3 Å². The molecule has 0 saturated heterocycles. The zero-order valence-corrected chi connectivity index (χ0v) is 15.9. The van der Waals surface area contributed by atoms with E-state index in [2.05, 4.69) is 44.9 Å². The van der Waals surface area contributed by atoms with Gasteiger partial charge in [0.1, 0.15) is 5.75 Å². The van der Waals surface area contributed by atoms with E-state index in [1.54, 1.807) is 18.3 Å². The molecule has 5 N–H and O–H groups in total. The molecule has 6 heteroatoms. The molecule has 0 aliphatic rings. The lowest BCUT2D eigenvalue weighted by molar-refractivity contribution is 0.475. The smallest absolute Gasteiger partial charge is 0.223 e. The van der Waals surface area contributed by atoms with Crippen molar-refractivity contribution in [3.63, 3.8) is 0 Å². The molecule has 0 spiro atoms. The van der Waals surface area contributed by atoms with Crippen LogP contribution >= 0.6 is 0 Å². The Balaban J connectivity index is 1.58. The maximum Gasteiger partial charge on any atom is 0.223 e. The fourth-order valence-electron chi connectivity index (χ4n) is 2.89. The highest BCUT2D eigenvalue weighted by Gasteiger charge is 2.04. The second-order valence-corrected chi connectivity index (χ2v) is 6.63. The van der Waals surface area contributed by atoms with Crippen LogP contribution in [0.2, 0.25) is 0 Å². The number of phenols is 1. The molecule has 28 heavy (non-hydrogen) atoms.